The molecule has 0 bridgehead atoms. The lowest BCUT2D eigenvalue weighted by Gasteiger charge is -2.24. The number of hydrogen-bond donors (Lipinski definition) is 3. The van der Waals surface area contributed by atoms with Crippen LogP contribution < -0.4 is 20.7 Å². The van der Waals surface area contributed by atoms with Gasteiger partial charge in [-0.05, 0) is 25.0 Å². The summed E-state index contributed by atoms with van der Waals surface area (Å²) in [6, 6.07) is 7.91. The van der Waals surface area contributed by atoms with E-state index >= 15 is 0 Å². The Morgan fingerprint density at radius 3 is 2.72 bits per heavy atom. The molecule has 6 nitrogen and oxygen atoms in total. The minimum Gasteiger partial charge on any atom is -0.492 e. The van der Waals surface area contributed by atoms with Gasteiger partial charge in [-0.3, -0.25) is 9.79 Å². The molecule has 140 valence electrons. The number of carbonyl (C=O) groups is 1. The van der Waals surface area contributed by atoms with Crippen molar-refractivity contribution in [3.63, 3.8) is 0 Å². The van der Waals surface area contributed by atoms with E-state index in [-0.39, 0.29) is 29.9 Å². The third-order valence-corrected chi connectivity index (χ3v) is 3.99. The summed E-state index contributed by atoms with van der Waals surface area (Å²) in [5.41, 5.74) is 0.739. The van der Waals surface area contributed by atoms with Crippen LogP contribution in [-0.2, 0) is 4.79 Å². The Labute approximate surface area is 167 Å². The van der Waals surface area contributed by atoms with E-state index in [0.29, 0.717) is 19.2 Å². The SMILES string of the molecule is CN=C(NCCOc1cccc(NC(C)=O)c1)NC1CCCCC1.I. The third-order valence-electron chi connectivity index (χ3n) is 3.99. The van der Waals surface area contributed by atoms with Crippen molar-refractivity contribution in [2.75, 3.05) is 25.5 Å². The molecule has 2 rings (SSSR count). The fourth-order valence-corrected chi connectivity index (χ4v) is 2.84. The van der Waals surface area contributed by atoms with Crippen molar-refractivity contribution in [1.82, 2.24) is 10.6 Å². The summed E-state index contributed by atoms with van der Waals surface area (Å²) in [5, 5.41) is 9.49. The Morgan fingerprint density at radius 2 is 2.04 bits per heavy atom. The molecule has 0 unspecified atom stereocenters. The number of nitrogens with one attached hydrogen (secondary N) is 3. The molecule has 3 N–H and O–H groups in total. The Balaban J connectivity index is 0.00000312. The summed E-state index contributed by atoms with van der Waals surface area (Å²) in [6.07, 6.45) is 6.36. The van der Waals surface area contributed by atoms with Crippen LogP contribution in [0.3, 0.4) is 0 Å². The zero-order valence-electron chi connectivity index (χ0n) is 15.0. The number of nitrogens with zero attached hydrogens (tertiary/aromatic N) is 1. The molecule has 0 aromatic heterocycles. The molecule has 0 heterocycles. The summed E-state index contributed by atoms with van der Waals surface area (Å²) in [6.45, 7) is 2.67. The number of rotatable bonds is 6. The summed E-state index contributed by atoms with van der Waals surface area (Å²) in [4.78, 5) is 15.3. The maximum absolute atomic E-state index is 11.1. The fraction of sp³-hybridized carbons (Fsp3) is 0.556. The van der Waals surface area contributed by atoms with Gasteiger partial charge in [-0.2, -0.15) is 0 Å². The molecule has 1 amide bonds. The predicted molar refractivity (Wildman–Crippen MR) is 113 cm³/mol. The van der Waals surface area contributed by atoms with Gasteiger partial charge in [0.25, 0.3) is 0 Å². The quantitative estimate of drug-likeness (QED) is 0.264. The summed E-state index contributed by atoms with van der Waals surface area (Å²) in [7, 11) is 1.79. The van der Waals surface area contributed by atoms with Crippen molar-refractivity contribution < 1.29 is 9.53 Å². The lowest BCUT2D eigenvalue weighted by Crippen LogP contribution is -2.45. The normalized spacial score (nSPS) is 15.0. The molecule has 0 saturated heterocycles. The van der Waals surface area contributed by atoms with Crippen molar-refractivity contribution in [2.24, 2.45) is 4.99 Å². The van der Waals surface area contributed by atoms with Gasteiger partial charge in [-0.15, -0.1) is 24.0 Å². The van der Waals surface area contributed by atoms with Gasteiger partial charge in [0.1, 0.15) is 12.4 Å². The van der Waals surface area contributed by atoms with Gasteiger partial charge in [0.2, 0.25) is 5.91 Å². The molecule has 1 fully saturated rings. The standard InChI is InChI=1S/C18H28N4O2.HI/c1-14(23)21-16-9-6-10-17(13-16)24-12-11-20-18(19-2)22-15-7-4-3-5-8-15;/h6,9-10,13,15H,3-5,7-8,11-12H2,1-2H3,(H,21,23)(H2,19,20,22);1H. The molecular formula is C18H29IN4O2. The number of guanidine groups is 1. The Morgan fingerprint density at radius 1 is 1.28 bits per heavy atom. The summed E-state index contributed by atoms with van der Waals surface area (Å²) < 4.78 is 5.72. The number of hydrogen-bond acceptors (Lipinski definition) is 3. The maximum atomic E-state index is 11.1. The van der Waals surface area contributed by atoms with Gasteiger partial charge in [0.05, 0.1) is 6.54 Å². The second-order valence-electron chi connectivity index (χ2n) is 6.04. The van der Waals surface area contributed by atoms with Crippen molar-refractivity contribution in [3.05, 3.63) is 24.3 Å². The highest BCUT2D eigenvalue weighted by molar-refractivity contribution is 14.0. The van der Waals surface area contributed by atoms with Crippen LogP contribution >= 0.6 is 24.0 Å². The van der Waals surface area contributed by atoms with Crippen molar-refractivity contribution in [1.29, 1.82) is 0 Å². The van der Waals surface area contributed by atoms with Crippen LogP contribution in [0.2, 0.25) is 0 Å². The lowest BCUT2D eigenvalue weighted by atomic mass is 9.96. The van der Waals surface area contributed by atoms with E-state index in [0.717, 1.165) is 17.4 Å². The molecule has 0 aliphatic heterocycles. The van der Waals surface area contributed by atoms with Crippen LogP contribution in [0.4, 0.5) is 5.69 Å². The van der Waals surface area contributed by atoms with Gasteiger partial charge < -0.3 is 20.7 Å². The van der Waals surface area contributed by atoms with Crippen LogP contribution in [0.25, 0.3) is 0 Å². The molecule has 1 saturated carbocycles. The minimum atomic E-state index is -0.0913. The minimum absolute atomic E-state index is 0. The molecule has 1 aromatic rings. The zero-order valence-corrected chi connectivity index (χ0v) is 17.3. The number of ether oxygens (including phenoxy) is 1. The first-order valence-corrected chi connectivity index (χ1v) is 8.65. The van der Waals surface area contributed by atoms with E-state index in [1.165, 1.54) is 39.0 Å². The molecule has 1 aliphatic rings. The van der Waals surface area contributed by atoms with E-state index in [1.807, 2.05) is 24.3 Å². The first-order valence-electron chi connectivity index (χ1n) is 8.65. The average Bonchev–Trinajstić information content (AvgIpc) is 2.58. The molecule has 7 heteroatoms. The third kappa shape index (κ3) is 8.42. The van der Waals surface area contributed by atoms with Crippen LogP contribution in [0.1, 0.15) is 39.0 Å². The number of benzene rings is 1. The highest BCUT2D eigenvalue weighted by Crippen LogP contribution is 2.18. The highest BCUT2D eigenvalue weighted by Gasteiger charge is 2.14. The van der Waals surface area contributed by atoms with E-state index in [9.17, 15) is 4.79 Å². The van der Waals surface area contributed by atoms with Crippen molar-refractivity contribution >= 4 is 41.5 Å². The van der Waals surface area contributed by atoms with Crippen molar-refractivity contribution in [3.8, 4) is 5.75 Å². The first kappa shape index (κ1) is 21.5. The van der Waals surface area contributed by atoms with Crippen LogP contribution in [0, 0.1) is 0 Å². The molecule has 0 spiro atoms. The maximum Gasteiger partial charge on any atom is 0.221 e. The Kier molecular flexibility index (Phi) is 10.3. The number of halogens is 1. The van der Waals surface area contributed by atoms with Crippen LogP contribution in [-0.4, -0.2) is 38.1 Å². The number of carbonyl (C=O) groups excluding carboxylic acids is 1. The van der Waals surface area contributed by atoms with E-state index < -0.39 is 0 Å². The van der Waals surface area contributed by atoms with Crippen LogP contribution in [0.5, 0.6) is 5.75 Å². The van der Waals surface area contributed by atoms with Crippen LogP contribution in [0.15, 0.2) is 29.3 Å². The summed E-state index contributed by atoms with van der Waals surface area (Å²) >= 11 is 0. The molecule has 0 atom stereocenters. The topological polar surface area (TPSA) is 74.8 Å². The lowest BCUT2D eigenvalue weighted by molar-refractivity contribution is -0.114. The largest absolute Gasteiger partial charge is 0.492 e. The average molecular weight is 460 g/mol. The molecule has 1 aromatic carbocycles. The smallest absolute Gasteiger partial charge is 0.221 e. The Hall–Kier alpha value is -1.51. The van der Waals surface area contributed by atoms with Gasteiger partial charge in [0, 0.05) is 31.8 Å². The van der Waals surface area contributed by atoms with E-state index in [2.05, 4.69) is 20.9 Å². The van der Waals surface area contributed by atoms with E-state index in [4.69, 9.17) is 4.74 Å². The zero-order chi connectivity index (χ0) is 17.2. The molecule has 1 aliphatic carbocycles. The van der Waals surface area contributed by atoms with Gasteiger partial charge in [-0.1, -0.05) is 25.3 Å². The van der Waals surface area contributed by atoms with Gasteiger partial charge >= 0.3 is 0 Å². The van der Waals surface area contributed by atoms with Gasteiger partial charge in [-0.25, -0.2) is 0 Å². The number of amides is 1. The fourth-order valence-electron chi connectivity index (χ4n) is 2.84. The van der Waals surface area contributed by atoms with Crippen molar-refractivity contribution in [2.45, 2.75) is 45.1 Å². The molecular weight excluding hydrogens is 431 g/mol. The highest BCUT2D eigenvalue weighted by atomic mass is 127. The molecule has 25 heavy (non-hydrogen) atoms. The van der Waals surface area contributed by atoms with E-state index in [1.54, 1.807) is 7.05 Å². The first-order chi connectivity index (χ1) is 11.7. The molecule has 0 radical (unpaired) electrons. The summed E-state index contributed by atoms with van der Waals surface area (Å²) in [5.74, 6) is 1.47. The number of anilines is 1. The second-order valence-corrected chi connectivity index (χ2v) is 6.04. The number of aliphatic imine (C=N–C) groups is 1. The Bertz CT molecular complexity index is 560. The second kappa shape index (κ2) is 11.9. The van der Waals surface area contributed by atoms with Gasteiger partial charge in [0.15, 0.2) is 5.96 Å². The predicted octanol–water partition coefficient (Wildman–Crippen LogP) is 3.14. The monoisotopic (exact) mass is 460 g/mol.